The summed E-state index contributed by atoms with van der Waals surface area (Å²) in [7, 11) is 0. The van der Waals surface area contributed by atoms with Crippen LogP contribution < -0.4 is 5.48 Å². The number of hydroxylamine groups is 1. The van der Waals surface area contributed by atoms with Crippen LogP contribution in [0.3, 0.4) is 0 Å². The van der Waals surface area contributed by atoms with Crippen molar-refractivity contribution in [1.29, 1.82) is 0 Å². The van der Waals surface area contributed by atoms with Crippen LogP contribution in [0, 0.1) is 0 Å². The Hall–Kier alpha value is -0.570. The van der Waals surface area contributed by atoms with Crippen molar-refractivity contribution >= 4 is 5.91 Å². The summed E-state index contributed by atoms with van der Waals surface area (Å²) in [4.78, 5) is 15.7. The molecule has 1 N–H and O–H groups in total. The zero-order chi connectivity index (χ0) is 10.6. The van der Waals surface area contributed by atoms with Crippen molar-refractivity contribution < 1.29 is 9.63 Å². The summed E-state index contributed by atoms with van der Waals surface area (Å²) in [5, 5.41) is 0. The minimum atomic E-state index is -0.0454. The molecule has 0 atom stereocenters. The first-order valence-electron chi connectivity index (χ1n) is 5.71. The molecular weight excluding hydrogens is 178 g/mol. The fourth-order valence-electron chi connectivity index (χ4n) is 1.16. The number of nitrogens with one attached hydrogen (secondary N) is 1. The number of rotatable bonds is 9. The van der Waals surface area contributed by atoms with Crippen molar-refractivity contribution in [3.63, 3.8) is 0 Å². The van der Waals surface area contributed by atoms with Gasteiger partial charge in [0, 0.05) is 6.42 Å². The summed E-state index contributed by atoms with van der Waals surface area (Å²) in [5.41, 5.74) is 2.40. The second kappa shape index (κ2) is 10.5. The van der Waals surface area contributed by atoms with E-state index in [1.165, 1.54) is 32.1 Å². The highest BCUT2D eigenvalue weighted by atomic mass is 16.6. The largest absolute Gasteiger partial charge is 0.274 e. The SMILES string of the molecule is CCCCCCCCONC(=O)CC. The van der Waals surface area contributed by atoms with E-state index in [4.69, 9.17) is 4.84 Å². The van der Waals surface area contributed by atoms with E-state index in [9.17, 15) is 4.79 Å². The molecule has 0 saturated carbocycles. The number of carbonyl (C=O) groups is 1. The second-order valence-corrected chi connectivity index (χ2v) is 3.50. The smallest absolute Gasteiger partial charge is 0.243 e. The van der Waals surface area contributed by atoms with Gasteiger partial charge in [-0.3, -0.25) is 9.63 Å². The summed E-state index contributed by atoms with van der Waals surface area (Å²) in [6, 6.07) is 0. The normalized spacial score (nSPS) is 10.1. The molecule has 0 radical (unpaired) electrons. The van der Waals surface area contributed by atoms with Gasteiger partial charge in [-0.1, -0.05) is 46.0 Å². The van der Waals surface area contributed by atoms with Gasteiger partial charge in [0.25, 0.3) is 0 Å². The van der Waals surface area contributed by atoms with Gasteiger partial charge in [-0.15, -0.1) is 0 Å². The molecule has 0 rings (SSSR count). The summed E-state index contributed by atoms with van der Waals surface area (Å²) in [6.45, 7) is 4.66. The molecule has 0 aliphatic heterocycles. The number of hydrogen-bond acceptors (Lipinski definition) is 2. The van der Waals surface area contributed by atoms with E-state index in [1.807, 2.05) is 6.92 Å². The van der Waals surface area contributed by atoms with Crippen molar-refractivity contribution in [1.82, 2.24) is 5.48 Å². The Kier molecular flexibility index (Phi) is 10.1. The minimum Gasteiger partial charge on any atom is -0.274 e. The average molecular weight is 201 g/mol. The lowest BCUT2D eigenvalue weighted by atomic mass is 10.1. The van der Waals surface area contributed by atoms with Gasteiger partial charge in [0.05, 0.1) is 6.61 Å². The maximum atomic E-state index is 10.7. The lowest BCUT2D eigenvalue weighted by molar-refractivity contribution is -0.133. The van der Waals surface area contributed by atoms with Crippen molar-refractivity contribution in [2.75, 3.05) is 6.61 Å². The highest BCUT2D eigenvalue weighted by molar-refractivity contribution is 5.74. The fraction of sp³-hybridized carbons (Fsp3) is 0.909. The number of carbonyl (C=O) groups excluding carboxylic acids is 1. The Bertz CT molecular complexity index is 137. The third-order valence-corrected chi connectivity index (χ3v) is 2.11. The third-order valence-electron chi connectivity index (χ3n) is 2.11. The number of amides is 1. The molecule has 3 heteroatoms. The van der Waals surface area contributed by atoms with Gasteiger partial charge in [-0.2, -0.15) is 0 Å². The summed E-state index contributed by atoms with van der Waals surface area (Å²) >= 11 is 0. The first-order chi connectivity index (χ1) is 6.81. The number of hydrogen-bond donors (Lipinski definition) is 1. The van der Waals surface area contributed by atoms with Crippen LogP contribution in [0.1, 0.15) is 58.8 Å². The van der Waals surface area contributed by atoms with Crippen molar-refractivity contribution in [2.24, 2.45) is 0 Å². The van der Waals surface area contributed by atoms with Crippen molar-refractivity contribution in [3.05, 3.63) is 0 Å². The topological polar surface area (TPSA) is 38.3 Å². The highest BCUT2D eigenvalue weighted by Crippen LogP contribution is 2.04. The Morgan fingerprint density at radius 3 is 2.36 bits per heavy atom. The van der Waals surface area contributed by atoms with E-state index < -0.39 is 0 Å². The van der Waals surface area contributed by atoms with Crippen molar-refractivity contribution in [3.8, 4) is 0 Å². The van der Waals surface area contributed by atoms with Gasteiger partial charge in [0.2, 0.25) is 5.91 Å². The quantitative estimate of drug-likeness (QED) is 0.460. The molecule has 0 aromatic rings. The van der Waals surface area contributed by atoms with E-state index in [0.717, 1.165) is 6.42 Å². The molecule has 0 spiro atoms. The Morgan fingerprint density at radius 1 is 1.07 bits per heavy atom. The summed E-state index contributed by atoms with van der Waals surface area (Å²) < 4.78 is 0. The lowest BCUT2D eigenvalue weighted by Crippen LogP contribution is -2.22. The molecule has 1 amide bonds. The summed E-state index contributed by atoms with van der Waals surface area (Å²) in [5.74, 6) is -0.0454. The highest BCUT2D eigenvalue weighted by Gasteiger charge is 1.95. The third kappa shape index (κ3) is 9.52. The second-order valence-electron chi connectivity index (χ2n) is 3.50. The van der Waals surface area contributed by atoms with E-state index in [2.05, 4.69) is 12.4 Å². The van der Waals surface area contributed by atoms with Crippen LogP contribution in [-0.4, -0.2) is 12.5 Å². The van der Waals surface area contributed by atoms with Crippen molar-refractivity contribution in [2.45, 2.75) is 58.8 Å². The minimum absolute atomic E-state index is 0.0454. The maximum Gasteiger partial charge on any atom is 0.243 e. The Labute approximate surface area is 87.2 Å². The molecular formula is C11H23NO2. The van der Waals surface area contributed by atoms with Crippen LogP contribution in [-0.2, 0) is 9.63 Å². The predicted octanol–water partition coefficient (Wildman–Crippen LogP) is 2.80. The summed E-state index contributed by atoms with van der Waals surface area (Å²) in [6.07, 6.45) is 7.92. The monoisotopic (exact) mass is 201 g/mol. The Balaban J connectivity index is 2.95. The Morgan fingerprint density at radius 2 is 1.71 bits per heavy atom. The number of unbranched alkanes of at least 4 members (excludes halogenated alkanes) is 5. The van der Waals surface area contributed by atoms with Crippen LogP contribution in [0.2, 0.25) is 0 Å². The predicted molar refractivity (Wildman–Crippen MR) is 57.8 cm³/mol. The van der Waals surface area contributed by atoms with Gasteiger partial charge in [-0.05, 0) is 6.42 Å². The molecule has 0 aliphatic rings. The van der Waals surface area contributed by atoms with Crippen LogP contribution >= 0.6 is 0 Å². The molecule has 0 fully saturated rings. The van der Waals surface area contributed by atoms with E-state index in [1.54, 1.807) is 0 Å². The molecule has 0 aliphatic carbocycles. The molecule has 14 heavy (non-hydrogen) atoms. The standard InChI is InChI=1S/C11H23NO2/c1-3-5-6-7-8-9-10-14-12-11(13)4-2/h3-10H2,1-2H3,(H,12,13). The van der Waals surface area contributed by atoms with Crippen LogP contribution in [0.25, 0.3) is 0 Å². The molecule has 0 heterocycles. The van der Waals surface area contributed by atoms with Gasteiger partial charge in [0.15, 0.2) is 0 Å². The molecule has 0 saturated heterocycles. The maximum absolute atomic E-state index is 10.7. The zero-order valence-corrected chi connectivity index (χ0v) is 9.47. The fourth-order valence-corrected chi connectivity index (χ4v) is 1.16. The molecule has 3 nitrogen and oxygen atoms in total. The molecule has 0 bridgehead atoms. The molecule has 0 aromatic heterocycles. The van der Waals surface area contributed by atoms with E-state index >= 15 is 0 Å². The van der Waals surface area contributed by atoms with Crippen LogP contribution in [0.15, 0.2) is 0 Å². The van der Waals surface area contributed by atoms with Gasteiger partial charge in [0.1, 0.15) is 0 Å². The average Bonchev–Trinajstić information content (AvgIpc) is 2.21. The van der Waals surface area contributed by atoms with E-state index in [-0.39, 0.29) is 5.91 Å². The molecule has 0 unspecified atom stereocenters. The first kappa shape index (κ1) is 13.4. The van der Waals surface area contributed by atoms with Crippen LogP contribution in [0.5, 0.6) is 0 Å². The van der Waals surface area contributed by atoms with Gasteiger partial charge in [-0.25, -0.2) is 5.48 Å². The lowest BCUT2D eigenvalue weighted by Gasteiger charge is -2.04. The molecule has 84 valence electrons. The molecule has 0 aromatic carbocycles. The zero-order valence-electron chi connectivity index (χ0n) is 9.47. The van der Waals surface area contributed by atoms with Gasteiger partial charge < -0.3 is 0 Å². The van der Waals surface area contributed by atoms with Crippen LogP contribution in [0.4, 0.5) is 0 Å². The first-order valence-corrected chi connectivity index (χ1v) is 5.71. The van der Waals surface area contributed by atoms with E-state index in [0.29, 0.717) is 13.0 Å². The van der Waals surface area contributed by atoms with Gasteiger partial charge >= 0.3 is 0 Å².